The molecule has 0 radical (unpaired) electrons. The summed E-state index contributed by atoms with van der Waals surface area (Å²) in [6.07, 6.45) is 3.48. The van der Waals surface area contributed by atoms with Crippen LogP contribution in [0.2, 0.25) is 0 Å². The molecule has 0 aromatic carbocycles. The molecule has 2 nitrogen and oxygen atoms in total. The average Bonchev–Trinajstić information content (AvgIpc) is 2.11. The Hall–Kier alpha value is -0.0800. The predicted molar refractivity (Wildman–Crippen MR) is 57.8 cm³/mol. The fourth-order valence-electron chi connectivity index (χ4n) is 1.66. The van der Waals surface area contributed by atoms with Crippen molar-refractivity contribution in [2.45, 2.75) is 40.0 Å². The first kappa shape index (κ1) is 12.9. The fourth-order valence-corrected chi connectivity index (χ4v) is 1.66. The van der Waals surface area contributed by atoms with Gasteiger partial charge in [0.2, 0.25) is 0 Å². The number of aliphatic hydroxyl groups excluding tert-OH is 1. The summed E-state index contributed by atoms with van der Waals surface area (Å²) in [6.45, 7) is 9.13. The Labute approximate surface area is 82.7 Å². The van der Waals surface area contributed by atoms with Crippen LogP contribution < -0.4 is 5.32 Å². The largest absolute Gasteiger partial charge is 0.396 e. The summed E-state index contributed by atoms with van der Waals surface area (Å²) < 4.78 is 0. The highest BCUT2D eigenvalue weighted by Crippen LogP contribution is 2.21. The van der Waals surface area contributed by atoms with E-state index in [1.165, 1.54) is 12.8 Å². The predicted octanol–water partition coefficient (Wildman–Crippen LogP) is 2.03. The lowest BCUT2D eigenvalue weighted by Gasteiger charge is -2.28. The van der Waals surface area contributed by atoms with Crippen molar-refractivity contribution < 1.29 is 5.11 Å². The molecule has 2 heteroatoms. The minimum Gasteiger partial charge on any atom is -0.396 e. The molecule has 1 fully saturated rings. The number of nitrogens with one attached hydrogen (secondary N) is 1. The summed E-state index contributed by atoms with van der Waals surface area (Å²) in [6, 6.07) is 0. The van der Waals surface area contributed by atoms with Crippen molar-refractivity contribution in [3.05, 3.63) is 0 Å². The van der Waals surface area contributed by atoms with Crippen molar-refractivity contribution in [2.75, 3.05) is 19.7 Å². The molecule has 80 valence electrons. The molecule has 1 aliphatic heterocycles. The van der Waals surface area contributed by atoms with Crippen LogP contribution in [0.15, 0.2) is 0 Å². The number of rotatable bonds is 2. The van der Waals surface area contributed by atoms with Crippen LogP contribution >= 0.6 is 0 Å². The van der Waals surface area contributed by atoms with Crippen LogP contribution in [0.25, 0.3) is 0 Å². The normalized spacial score (nSPS) is 27.7. The fraction of sp³-hybridized carbons (Fsp3) is 1.00. The van der Waals surface area contributed by atoms with Gasteiger partial charge in [-0.25, -0.2) is 0 Å². The van der Waals surface area contributed by atoms with Gasteiger partial charge >= 0.3 is 0 Å². The van der Waals surface area contributed by atoms with Crippen molar-refractivity contribution >= 4 is 0 Å². The van der Waals surface area contributed by atoms with Gasteiger partial charge in [-0.2, -0.15) is 0 Å². The average molecular weight is 187 g/mol. The molecule has 1 saturated heterocycles. The Morgan fingerprint density at radius 2 is 2.00 bits per heavy atom. The van der Waals surface area contributed by atoms with E-state index in [9.17, 15) is 0 Å². The zero-order valence-electron chi connectivity index (χ0n) is 9.34. The standard InChI is InChI=1S/C8H17NO.C3H8/c1-7-6-9-4-2-8(7)3-5-10;1-3-2/h7-10H,2-6H2,1H3;3H2,1-2H3/t7-,8+;/m0./s1. The molecule has 0 amide bonds. The van der Waals surface area contributed by atoms with E-state index in [0.29, 0.717) is 6.61 Å². The first-order chi connectivity index (χ1) is 6.26. The maximum atomic E-state index is 8.72. The van der Waals surface area contributed by atoms with E-state index in [1.54, 1.807) is 0 Å². The van der Waals surface area contributed by atoms with Gasteiger partial charge in [0.05, 0.1) is 0 Å². The summed E-state index contributed by atoms with van der Waals surface area (Å²) in [4.78, 5) is 0. The van der Waals surface area contributed by atoms with Gasteiger partial charge in [0.1, 0.15) is 0 Å². The van der Waals surface area contributed by atoms with E-state index in [-0.39, 0.29) is 0 Å². The summed E-state index contributed by atoms with van der Waals surface area (Å²) in [7, 11) is 0. The molecule has 0 aromatic heterocycles. The molecule has 1 aliphatic rings. The topological polar surface area (TPSA) is 32.3 Å². The highest BCUT2D eigenvalue weighted by molar-refractivity contribution is 4.74. The lowest BCUT2D eigenvalue weighted by atomic mass is 9.86. The second-order valence-corrected chi connectivity index (χ2v) is 3.95. The van der Waals surface area contributed by atoms with Gasteiger partial charge in [0.15, 0.2) is 0 Å². The van der Waals surface area contributed by atoms with Gasteiger partial charge in [0, 0.05) is 6.61 Å². The monoisotopic (exact) mass is 187 g/mol. The number of hydrogen-bond donors (Lipinski definition) is 2. The molecule has 1 rings (SSSR count). The number of hydrogen-bond acceptors (Lipinski definition) is 2. The first-order valence-electron chi connectivity index (χ1n) is 5.57. The molecule has 0 aromatic rings. The van der Waals surface area contributed by atoms with Crippen molar-refractivity contribution in [2.24, 2.45) is 11.8 Å². The lowest BCUT2D eigenvalue weighted by Crippen LogP contribution is -2.35. The van der Waals surface area contributed by atoms with Crippen molar-refractivity contribution in [1.29, 1.82) is 0 Å². The highest BCUT2D eigenvalue weighted by atomic mass is 16.3. The Balaban J connectivity index is 0.000000424. The third-order valence-electron chi connectivity index (χ3n) is 2.46. The van der Waals surface area contributed by atoms with E-state index in [0.717, 1.165) is 31.3 Å². The molecule has 0 unspecified atom stereocenters. The molecule has 1 heterocycles. The van der Waals surface area contributed by atoms with E-state index >= 15 is 0 Å². The molecular formula is C11H25NO. The van der Waals surface area contributed by atoms with Crippen LogP contribution in [-0.2, 0) is 0 Å². The number of aliphatic hydroxyl groups is 1. The summed E-state index contributed by atoms with van der Waals surface area (Å²) in [5.74, 6) is 1.51. The van der Waals surface area contributed by atoms with Gasteiger partial charge in [0.25, 0.3) is 0 Å². The highest BCUT2D eigenvalue weighted by Gasteiger charge is 2.19. The van der Waals surface area contributed by atoms with Crippen LogP contribution in [-0.4, -0.2) is 24.8 Å². The molecule has 0 spiro atoms. The van der Waals surface area contributed by atoms with Gasteiger partial charge in [-0.3, -0.25) is 0 Å². The molecule has 0 aliphatic carbocycles. The molecule has 2 atom stereocenters. The third kappa shape index (κ3) is 6.05. The minimum absolute atomic E-state index is 0.356. The Morgan fingerprint density at radius 1 is 1.38 bits per heavy atom. The van der Waals surface area contributed by atoms with E-state index < -0.39 is 0 Å². The lowest BCUT2D eigenvalue weighted by molar-refractivity contribution is 0.195. The van der Waals surface area contributed by atoms with Gasteiger partial charge < -0.3 is 10.4 Å². The van der Waals surface area contributed by atoms with Crippen molar-refractivity contribution in [1.82, 2.24) is 5.32 Å². The van der Waals surface area contributed by atoms with Crippen LogP contribution in [0.5, 0.6) is 0 Å². The molecule has 0 saturated carbocycles. The van der Waals surface area contributed by atoms with Crippen LogP contribution in [0.3, 0.4) is 0 Å². The zero-order valence-corrected chi connectivity index (χ0v) is 9.34. The summed E-state index contributed by atoms with van der Waals surface area (Å²) in [5, 5.41) is 12.1. The molecule has 0 bridgehead atoms. The second-order valence-electron chi connectivity index (χ2n) is 3.95. The third-order valence-corrected chi connectivity index (χ3v) is 2.46. The van der Waals surface area contributed by atoms with Crippen LogP contribution in [0.4, 0.5) is 0 Å². The Morgan fingerprint density at radius 3 is 2.46 bits per heavy atom. The van der Waals surface area contributed by atoms with Crippen LogP contribution in [0.1, 0.15) is 40.0 Å². The van der Waals surface area contributed by atoms with Crippen LogP contribution in [0, 0.1) is 11.8 Å². The molecule has 2 N–H and O–H groups in total. The summed E-state index contributed by atoms with van der Waals surface area (Å²) in [5.41, 5.74) is 0. The molecule has 13 heavy (non-hydrogen) atoms. The maximum absolute atomic E-state index is 8.72. The first-order valence-corrected chi connectivity index (χ1v) is 5.57. The van der Waals surface area contributed by atoms with E-state index in [4.69, 9.17) is 5.11 Å². The van der Waals surface area contributed by atoms with E-state index in [1.807, 2.05) is 0 Å². The van der Waals surface area contributed by atoms with Gasteiger partial charge in [-0.05, 0) is 37.8 Å². The quantitative estimate of drug-likeness (QED) is 0.693. The van der Waals surface area contributed by atoms with Gasteiger partial charge in [-0.1, -0.05) is 27.2 Å². The Kier molecular flexibility index (Phi) is 8.46. The maximum Gasteiger partial charge on any atom is 0.0433 e. The molecular weight excluding hydrogens is 162 g/mol. The summed E-state index contributed by atoms with van der Waals surface area (Å²) >= 11 is 0. The smallest absolute Gasteiger partial charge is 0.0433 e. The van der Waals surface area contributed by atoms with Gasteiger partial charge in [-0.15, -0.1) is 0 Å². The van der Waals surface area contributed by atoms with Crippen molar-refractivity contribution in [3.63, 3.8) is 0 Å². The second kappa shape index (κ2) is 8.52. The number of piperidine rings is 1. The SMILES string of the molecule is CCC.C[C@H]1CNCC[C@@H]1CCO. The Bertz CT molecular complexity index is 104. The van der Waals surface area contributed by atoms with Crippen molar-refractivity contribution in [3.8, 4) is 0 Å². The van der Waals surface area contributed by atoms with E-state index in [2.05, 4.69) is 26.1 Å². The minimum atomic E-state index is 0.356. The zero-order chi connectivity index (χ0) is 10.1.